The lowest BCUT2D eigenvalue weighted by Gasteiger charge is -2.17. The predicted octanol–water partition coefficient (Wildman–Crippen LogP) is 3.99. The lowest BCUT2D eigenvalue weighted by Crippen LogP contribution is -2.25. The van der Waals surface area contributed by atoms with Crippen LogP contribution in [-0.4, -0.2) is 18.6 Å². The van der Waals surface area contributed by atoms with E-state index in [4.69, 9.17) is 11.6 Å². The van der Waals surface area contributed by atoms with Gasteiger partial charge in [0.1, 0.15) is 0 Å². The van der Waals surface area contributed by atoms with Gasteiger partial charge in [-0.25, -0.2) is 0 Å². The SMILES string of the molecule is CSCC(C)CNC(C)c1cccc(Cl)c1. The minimum atomic E-state index is 0.364. The lowest BCUT2D eigenvalue weighted by atomic mass is 10.1. The number of hydrogen-bond acceptors (Lipinski definition) is 2. The quantitative estimate of drug-likeness (QED) is 0.827. The molecule has 1 aromatic carbocycles. The summed E-state index contributed by atoms with van der Waals surface area (Å²) in [6.45, 7) is 5.50. The van der Waals surface area contributed by atoms with E-state index in [9.17, 15) is 0 Å². The molecule has 1 rings (SSSR count). The van der Waals surface area contributed by atoms with Crippen LogP contribution in [0.3, 0.4) is 0 Å². The first kappa shape index (κ1) is 13.9. The molecule has 0 aromatic heterocycles. The van der Waals surface area contributed by atoms with Gasteiger partial charge in [-0.2, -0.15) is 11.8 Å². The van der Waals surface area contributed by atoms with Crippen molar-refractivity contribution in [1.29, 1.82) is 0 Å². The standard InChI is InChI=1S/C13H20ClNS/c1-10(9-16-3)8-15-11(2)12-5-4-6-13(14)7-12/h4-7,10-11,15H,8-9H2,1-3H3. The smallest absolute Gasteiger partial charge is 0.0409 e. The molecule has 0 bridgehead atoms. The second kappa shape index (κ2) is 7.21. The van der Waals surface area contributed by atoms with Crippen LogP contribution in [0.4, 0.5) is 0 Å². The summed E-state index contributed by atoms with van der Waals surface area (Å²) >= 11 is 7.87. The average Bonchev–Trinajstić information content (AvgIpc) is 2.26. The van der Waals surface area contributed by atoms with Gasteiger partial charge >= 0.3 is 0 Å². The summed E-state index contributed by atoms with van der Waals surface area (Å²) in [5.74, 6) is 1.91. The molecule has 0 saturated heterocycles. The van der Waals surface area contributed by atoms with Crippen LogP contribution in [0, 0.1) is 5.92 Å². The molecule has 90 valence electrons. The molecule has 0 aliphatic carbocycles. The molecule has 0 spiro atoms. The highest BCUT2D eigenvalue weighted by atomic mass is 35.5. The number of hydrogen-bond donors (Lipinski definition) is 1. The zero-order valence-corrected chi connectivity index (χ0v) is 11.7. The van der Waals surface area contributed by atoms with Crippen molar-refractivity contribution in [3.8, 4) is 0 Å². The van der Waals surface area contributed by atoms with Gasteiger partial charge in [0.15, 0.2) is 0 Å². The number of thioether (sulfide) groups is 1. The van der Waals surface area contributed by atoms with E-state index in [2.05, 4.69) is 31.5 Å². The summed E-state index contributed by atoms with van der Waals surface area (Å²) in [5, 5.41) is 4.35. The van der Waals surface area contributed by atoms with Crippen LogP contribution >= 0.6 is 23.4 Å². The van der Waals surface area contributed by atoms with Crippen LogP contribution in [0.25, 0.3) is 0 Å². The van der Waals surface area contributed by atoms with Gasteiger partial charge in [-0.1, -0.05) is 30.7 Å². The molecule has 1 aromatic rings. The molecule has 2 unspecified atom stereocenters. The number of benzene rings is 1. The Morgan fingerprint density at radius 3 is 2.75 bits per heavy atom. The summed E-state index contributed by atoms with van der Waals surface area (Å²) in [5.41, 5.74) is 1.25. The van der Waals surface area contributed by atoms with E-state index in [1.807, 2.05) is 30.0 Å². The molecular weight excluding hydrogens is 238 g/mol. The van der Waals surface area contributed by atoms with Crippen LogP contribution in [0.2, 0.25) is 5.02 Å². The number of halogens is 1. The van der Waals surface area contributed by atoms with Crippen molar-refractivity contribution in [2.45, 2.75) is 19.9 Å². The van der Waals surface area contributed by atoms with Crippen LogP contribution in [0.5, 0.6) is 0 Å². The van der Waals surface area contributed by atoms with Crippen molar-refractivity contribution >= 4 is 23.4 Å². The van der Waals surface area contributed by atoms with Crippen molar-refractivity contribution in [1.82, 2.24) is 5.32 Å². The third kappa shape index (κ3) is 4.77. The Morgan fingerprint density at radius 1 is 1.38 bits per heavy atom. The molecule has 16 heavy (non-hydrogen) atoms. The monoisotopic (exact) mass is 257 g/mol. The van der Waals surface area contributed by atoms with Crippen molar-refractivity contribution in [3.63, 3.8) is 0 Å². The Morgan fingerprint density at radius 2 is 2.12 bits per heavy atom. The lowest BCUT2D eigenvalue weighted by molar-refractivity contribution is 0.501. The maximum Gasteiger partial charge on any atom is 0.0409 e. The van der Waals surface area contributed by atoms with Gasteiger partial charge < -0.3 is 5.32 Å². The molecule has 0 amide bonds. The summed E-state index contributed by atoms with van der Waals surface area (Å²) in [7, 11) is 0. The first-order valence-corrected chi connectivity index (χ1v) is 7.38. The van der Waals surface area contributed by atoms with Crippen molar-refractivity contribution < 1.29 is 0 Å². The topological polar surface area (TPSA) is 12.0 Å². The van der Waals surface area contributed by atoms with Crippen LogP contribution < -0.4 is 5.32 Å². The third-order valence-electron chi connectivity index (χ3n) is 2.57. The minimum Gasteiger partial charge on any atom is -0.310 e. The number of rotatable bonds is 6. The zero-order chi connectivity index (χ0) is 12.0. The van der Waals surface area contributed by atoms with Crippen molar-refractivity contribution in [2.24, 2.45) is 5.92 Å². The van der Waals surface area contributed by atoms with E-state index < -0.39 is 0 Å². The fourth-order valence-corrected chi connectivity index (χ4v) is 2.50. The Kier molecular flexibility index (Phi) is 6.25. The third-order valence-corrected chi connectivity index (χ3v) is 3.71. The molecule has 0 radical (unpaired) electrons. The molecule has 0 aliphatic rings. The van der Waals surface area contributed by atoms with Gasteiger partial charge in [0.05, 0.1) is 0 Å². The summed E-state index contributed by atoms with van der Waals surface area (Å²) in [4.78, 5) is 0. The second-order valence-electron chi connectivity index (χ2n) is 4.25. The molecule has 3 heteroatoms. The molecule has 0 fully saturated rings. The van der Waals surface area contributed by atoms with Gasteiger partial charge in [0, 0.05) is 11.1 Å². The van der Waals surface area contributed by atoms with E-state index in [1.165, 1.54) is 11.3 Å². The minimum absolute atomic E-state index is 0.364. The highest BCUT2D eigenvalue weighted by molar-refractivity contribution is 7.98. The summed E-state index contributed by atoms with van der Waals surface area (Å²) < 4.78 is 0. The van der Waals surface area contributed by atoms with Gasteiger partial charge in [-0.3, -0.25) is 0 Å². The Hall–Kier alpha value is -0.180. The first-order valence-electron chi connectivity index (χ1n) is 5.61. The van der Waals surface area contributed by atoms with Crippen molar-refractivity contribution in [3.05, 3.63) is 34.9 Å². The predicted molar refractivity (Wildman–Crippen MR) is 75.4 cm³/mol. The number of nitrogens with one attached hydrogen (secondary N) is 1. The molecule has 2 atom stereocenters. The van der Waals surface area contributed by atoms with E-state index in [0.29, 0.717) is 12.0 Å². The largest absolute Gasteiger partial charge is 0.310 e. The Labute approximate surface area is 108 Å². The van der Waals surface area contributed by atoms with Gasteiger partial charge in [0.25, 0.3) is 0 Å². The molecule has 1 N–H and O–H groups in total. The molecule has 1 nitrogen and oxygen atoms in total. The van der Waals surface area contributed by atoms with E-state index in [1.54, 1.807) is 0 Å². The normalized spacial score (nSPS) is 14.8. The molecular formula is C13H20ClNS. The summed E-state index contributed by atoms with van der Waals surface area (Å²) in [6, 6.07) is 8.42. The van der Waals surface area contributed by atoms with Gasteiger partial charge in [-0.05, 0) is 49.1 Å². The average molecular weight is 258 g/mol. The highest BCUT2D eigenvalue weighted by Crippen LogP contribution is 2.17. The maximum atomic E-state index is 5.97. The Balaban J connectivity index is 2.43. The first-order chi connectivity index (χ1) is 7.63. The van der Waals surface area contributed by atoms with Gasteiger partial charge in [0.2, 0.25) is 0 Å². The molecule has 0 aliphatic heterocycles. The fraction of sp³-hybridized carbons (Fsp3) is 0.538. The van der Waals surface area contributed by atoms with Gasteiger partial charge in [-0.15, -0.1) is 0 Å². The maximum absolute atomic E-state index is 5.97. The van der Waals surface area contributed by atoms with E-state index in [0.717, 1.165) is 11.6 Å². The second-order valence-corrected chi connectivity index (χ2v) is 5.59. The van der Waals surface area contributed by atoms with Crippen LogP contribution in [0.1, 0.15) is 25.5 Å². The van der Waals surface area contributed by atoms with E-state index >= 15 is 0 Å². The summed E-state index contributed by atoms with van der Waals surface area (Å²) in [6.07, 6.45) is 2.15. The van der Waals surface area contributed by atoms with Crippen LogP contribution in [-0.2, 0) is 0 Å². The Bertz CT molecular complexity index is 317. The van der Waals surface area contributed by atoms with Crippen molar-refractivity contribution in [2.75, 3.05) is 18.6 Å². The highest BCUT2D eigenvalue weighted by Gasteiger charge is 2.07. The van der Waals surface area contributed by atoms with E-state index in [-0.39, 0.29) is 0 Å². The molecule has 0 saturated carbocycles. The van der Waals surface area contributed by atoms with Crippen LogP contribution in [0.15, 0.2) is 24.3 Å². The zero-order valence-electron chi connectivity index (χ0n) is 10.2. The fourth-order valence-electron chi connectivity index (χ4n) is 1.62. The molecule has 0 heterocycles.